The van der Waals surface area contributed by atoms with Crippen LogP contribution in [0.2, 0.25) is 0 Å². The molecule has 5 N–H and O–H groups in total. The van der Waals surface area contributed by atoms with Crippen LogP contribution in [0.5, 0.6) is 5.75 Å². The molecule has 2 amide bonds. The molecule has 11 nitrogen and oxygen atoms in total. The van der Waals surface area contributed by atoms with Gasteiger partial charge in [-0.2, -0.15) is 4.98 Å². The summed E-state index contributed by atoms with van der Waals surface area (Å²) in [7, 11) is 18.1. The summed E-state index contributed by atoms with van der Waals surface area (Å²) in [5.41, 5.74) is 6.97. The third-order valence-corrected chi connectivity index (χ3v) is 6.06. The predicted molar refractivity (Wildman–Crippen MR) is 138 cm³/mol. The number of rotatable bonds is 9. The number of nitrogens with one attached hydrogen (secondary N) is 3. The van der Waals surface area contributed by atoms with Crippen molar-refractivity contribution in [3.8, 4) is 17.2 Å². The number of nitrogens with zero attached hydrogens (tertiary/aromatic N) is 3. The normalized spacial score (nSPS) is 16.1. The van der Waals surface area contributed by atoms with E-state index in [4.69, 9.17) is 38.5 Å². The Hall–Kier alpha value is -3.80. The maximum absolute atomic E-state index is 12.9. The van der Waals surface area contributed by atoms with Crippen LogP contribution in [-0.4, -0.2) is 62.8 Å². The molecule has 2 aliphatic carbocycles. The molecule has 182 valence electrons. The van der Waals surface area contributed by atoms with Crippen molar-refractivity contribution in [2.24, 2.45) is 11.7 Å². The molecule has 6 radical (unpaired) electrons. The number of pyridine rings is 1. The van der Waals surface area contributed by atoms with Crippen LogP contribution in [0.1, 0.15) is 41.9 Å². The Morgan fingerprint density at radius 2 is 1.97 bits per heavy atom. The van der Waals surface area contributed by atoms with Crippen LogP contribution in [0, 0.1) is 5.92 Å². The third-order valence-electron chi connectivity index (χ3n) is 6.06. The molecule has 0 spiro atoms. The number of benzene rings is 1. The number of para-hydroxylation sites is 1. The van der Waals surface area contributed by atoms with Gasteiger partial charge in [0.05, 0.1) is 58.7 Å². The lowest BCUT2D eigenvalue weighted by Gasteiger charge is -2.23. The molecule has 0 unspecified atom stereocenters. The van der Waals surface area contributed by atoms with E-state index < -0.39 is 16.7 Å². The second kappa shape index (κ2) is 9.26. The van der Waals surface area contributed by atoms with Crippen LogP contribution in [0.4, 0.5) is 17.2 Å². The SMILES string of the molecule is [B]C([B])([B])NC(=O)c1cnc(NC(=O)C2CC2)cc1Nc1cccc(-c2nc(C3(N)CC3)no2)c1OC. The number of hydrogen-bond acceptors (Lipinski definition) is 9. The van der Waals surface area contributed by atoms with Crippen molar-refractivity contribution in [3.63, 3.8) is 0 Å². The predicted octanol–water partition coefficient (Wildman–Crippen LogP) is 1.03. The molecular formula is C23H22B3N7O4. The highest BCUT2D eigenvalue weighted by Gasteiger charge is 2.44. The van der Waals surface area contributed by atoms with Gasteiger partial charge in [0.25, 0.3) is 11.8 Å². The molecular weight excluding hydrogens is 471 g/mol. The number of carbonyl (C=O) groups is 2. The van der Waals surface area contributed by atoms with E-state index in [0.29, 0.717) is 22.8 Å². The Balaban J connectivity index is 1.50. The summed E-state index contributed by atoms with van der Waals surface area (Å²) >= 11 is 0. The lowest BCUT2D eigenvalue weighted by Crippen LogP contribution is -2.50. The van der Waals surface area contributed by atoms with Crippen molar-refractivity contribution in [1.82, 2.24) is 20.4 Å². The Labute approximate surface area is 216 Å². The lowest BCUT2D eigenvalue weighted by atomic mass is 9.49. The zero-order chi connectivity index (χ0) is 26.4. The summed E-state index contributed by atoms with van der Waals surface area (Å²) in [4.78, 5) is 33.8. The second-order valence-corrected chi connectivity index (χ2v) is 9.36. The van der Waals surface area contributed by atoms with E-state index in [2.05, 4.69) is 31.1 Å². The van der Waals surface area contributed by atoms with Gasteiger partial charge < -0.3 is 30.9 Å². The van der Waals surface area contributed by atoms with Crippen LogP contribution in [0.15, 0.2) is 35.0 Å². The summed E-state index contributed by atoms with van der Waals surface area (Å²) in [5, 5.41) is 10.3. The third kappa shape index (κ3) is 5.48. The largest absolute Gasteiger partial charge is 0.494 e. The zero-order valence-corrected chi connectivity index (χ0v) is 20.1. The standard InChI is InChI=1S/C23H22B3N7O4/c1-36-17-12(20-31-21(33-37-20)22(27)7-8-22)3-2-4-14(17)29-15-9-16(30-18(34)11-5-6-11)28-10-13(15)19(35)32-23(24,25)26/h2-4,9-11H,5-8,27H2,1H3,(H,32,35)(H2,28,29,30,34). The molecule has 0 atom stereocenters. The van der Waals surface area contributed by atoms with Gasteiger partial charge in [0.15, 0.2) is 11.6 Å². The molecule has 2 aromatic heterocycles. The minimum atomic E-state index is -1.96. The van der Waals surface area contributed by atoms with E-state index >= 15 is 0 Å². The number of aromatic nitrogens is 3. The quantitative estimate of drug-likeness (QED) is 0.320. The molecule has 0 bridgehead atoms. The summed E-state index contributed by atoms with van der Waals surface area (Å²) in [5.74, 6) is 0.435. The topological polar surface area (TPSA) is 157 Å². The average molecular weight is 493 g/mol. The van der Waals surface area contributed by atoms with Gasteiger partial charge in [-0.1, -0.05) is 16.5 Å². The summed E-state index contributed by atoms with van der Waals surface area (Å²) in [6, 6.07) is 6.75. The minimum absolute atomic E-state index is 0.0344. The lowest BCUT2D eigenvalue weighted by molar-refractivity contribution is -0.117. The fraction of sp³-hybridized carbons (Fsp3) is 0.348. The van der Waals surface area contributed by atoms with Gasteiger partial charge in [-0.15, -0.1) is 0 Å². The first-order chi connectivity index (χ1) is 17.6. The Kier molecular flexibility index (Phi) is 6.22. The first-order valence-corrected chi connectivity index (χ1v) is 11.6. The van der Waals surface area contributed by atoms with E-state index in [9.17, 15) is 9.59 Å². The Morgan fingerprint density at radius 1 is 1.22 bits per heavy atom. The molecule has 0 aliphatic heterocycles. The number of nitrogens with two attached hydrogens (primary N) is 1. The second-order valence-electron chi connectivity index (χ2n) is 9.36. The van der Waals surface area contributed by atoms with Crippen molar-refractivity contribution >= 4 is 52.5 Å². The van der Waals surface area contributed by atoms with Crippen LogP contribution in [0.25, 0.3) is 11.5 Å². The average Bonchev–Trinajstić information content (AvgIpc) is 3.76. The van der Waals surface area contributed by atoms with Crippen molar-refractivity contribution in [2.45, 2.75) is 36.5 Å². The smallest absolute Gasteiger partial charge is 0.261 e. The van der Waals surface area contributed by atoms with Crippen molar-refractivity contribution in [3.05, 3.63) is 41.9 Å². The molecule has 5 rings (SSSR count). The van der Waals surface area contributed by atoms with Gasteiger partial charge in [-0.25, -0.2) is 4.98 Å². The van der Waals surface area contributed by atoms with E-state index in [0.717, 1.165) is 25.7 Å². The molecule has 37 heavy (non-hydrogen) atoms. The number of ether oxygens (including phenoxy) is 1. The highest BCUT2D eigenvalue weighted by molar-refractivity contribution is 6.60. The first-order valence-electron chi connectivity index (χ1n) is 11.6. The summed E-state index contributed by atoms with van der Waals surface area (Å²) in [6.07, 6.45) is 4.51. The van der Waals surface area contributed by atoms with E-state index in [1.807, 2.05) is 0 Å². The van der Waals surface area contributed by atoms with Gasteiger partial charge in [0, 0.05) is 18.2 Å². The van der Waals surface area contributed by atoms with Crippen LogP contribution >= 0.6 is 0 Å². The zero-order valence-electron chi connectivity index (χ0n) is 20.1. The number of amides is 2. The number of methoxy groups -OCH3 is 1. The number of hydrogen-bond donors (Lipinski definition) is 4. The maximum atomic E-state index is 12.9. The highest BCUT2D eigenvalue weighted by Crippen LogP contribution is 2.43. The van der Waals surface area contributed by atoms with E-state index in [1.165, 1.54) is 19.4 Å². The molecule has 2 saturated carbocycles. The van der Waals surface area contributed by atoms with Gasteiger partial charge >= 0.3 is 0 Å². The van der Waals surface area contributed by atoms with Crippen molar-refractivity contribution in [1.29, 1.82) is 0 Å². The fourth-order valence-electron chi connectivity index (χ4n) is 3.71. The molecule has 3 aromatic rings. The fourth-order valence-corrected chi connectivity index (χ4v) is 3.71. The van der Waals surface area contributed by atoms with Crippen LogP contribution in [-0.2, 0) is 10.3 Å². The Bertz CT molecular complexity index is 1370. The van der Waals surface area contributed by atoms with Crippen molar-refractivity contribution < 1.29 is 18.8 Å². The first kappa shape index (κ1) is 24.9. The molecule has 1 aromatic carbocycles. The monoisotopic (exact) mass is 493 g/mol. The van der Waals surface area contributed by atoms with Gasteiger partial charge in [0.1, 0.15) is 5.82 Å². The molecule has 2 fully saturated rings. The molecule has 2 aliphatic rings. The van der Waals surface area contributed by atoms with Crippen molar-refractivity contribution in [2.75, 3.05) is 17.7 Å². The highest BCUT2D eigenvalue weighted by atomic mass is 16.5. The Morgan fingerprint density at radius 3 is 2.62 bits per heavy atom. The van der Waals surface area contributed by atoms with Gasteiger partial charge in [-0.05, 0) is 37.8 Å². The molecule has 2 heterocycles. The van der Waals surface area contributed by atoms with E-state index in [-0.39, 0.29) is 34.8 Å². The summed E-state index contributed by atoms with van der Waals surface area (Å²) < 4.78 is 11.1. The number of carbonyl (C=O) groups excluding carboxylic acids is 2. The van der Waals surface area contributed by atoms with Gasteiger partial charge in [0.2, 0.25) is 5.91 Å². The van der Waals surface area contributed by atoms with E-state index in [1.54, 1.807) is 18.2 Å². The minimum Gasteiger partial charge on any atom is -0.494 e. The number of anilines is 3. The molecule has 0 saturated heterocycles. The molecule has 14 heteroatoms. The van der Waals surface area contributed by atoms with Gasteiger partial charge in [-0.3, -0.25) is 9.59 Å². The maximum Gasteiger partial charge on any atom is 0.261 e. The summed E-state index contributed by atoms with van der Waals surface area (Å²) in [6.45, 7) is 0. The van der Waals surface area contributed by atoms with Crippen LogP contribution < -0.4 is 26.4 Å². The van der Waals surface area contributed by atoms with Crippen LogP contribution in [0.3, 0.4) is 0 Å².